The van der Waals surface area contributed by atoms with E-state index in [4.69, 9.17) is 0 Å². The summed E-state index contributed by atoms with van der Waals surface area (Å²) in [6.07, 6.45) is 1.32. The van der Waals surface area contributed by atoms with Gasteiger partial charge in [-0.05, 0) is 62.8 Å². The molecule has 2 bridgehead atoms. The van der Waals surface area contributed by atoms with Gasteiger partial charge in [0.2, 0.25) is 0 Å². The van der Waals surface area contributed by atoms with Crippen molar-refractivity contribution in [2.75, 3.05) is 0 Å². The first kappa shape index (κ1) is 17.8. The van der Waals surface area contributed by atoms with E-state index in [0.29, 0.717) is 24.2 Å². The number of fused-ring (bicyclic) bond motifs is 3. The Balaban J connectivity index is 1.70. The Morgan fingerprint density at radius 1 is 1.12 bits per heavy atom. The highest BCUT2D eigenvalue weighted by Crippen LogP contribution is 2.41. The molecule has 0 aromatic heterocycles. The molecule has 142 valence electrons. The Labute approximate surface area is 152 Å². The quantitative estimate of drug-likeness (QED) is 0.781. The molecule has 1 amide bonds. The minimum absolute atomic E-state index is 0.0515. The third-order valence-electron chi connectivity index (χ3n) is 6.27. The van der Waals surface area contributed by atoms with Crippen molar-refractivity contribution >= 4 is 5.91 Å². The summed E-state index contributed by atoms with van der Waals surface area (Å²) in [5.41, 5.74) is 0.370. The third-order valence-corrected chi connectivity index (χ3v) is 6.27. The molecule has 6 heteroatoms. The van der Waals surface area contributed by atoms with Gasteiger partial charge in [-0.25, -0.2) is 0 Å². The van der Waals surface area contributed by atoms with Crippen LogP contribution in [0.25, 0.3) is 0 Å². The third kappa shape index (κ3) is 2.92. The van der Waals surface area contributed by atoms with Crippen LogP contribution in [0.1, 0.15) is 73.0 Å². The van der Waals surface area contributed by atoms with Crippen LogP contribution in [0.15, 0.2) is 12.1 Å². The van der Waals surface area contributed by atoms with Gasteiger partial charge in [0.25, 0.3) is 5.91 Å². The second-order valence-corrected chi connectivity index (χ2v) is 8.18. The number of carbonyl (C=O) groups is 1. The molecular formula is C20H25F3N2O. The van der Waals surface area contributed by atoms with Gasteiger partial charge in [-0.2, -0.15) is 13.2 Å². The van der Waals surface area contributed by atoms with Crippen molar-refractivity contribution in [3.63, 3.8) is 0 Å². The molecule has 3 nitrogen and oxygen atoms in total. The lowest BCUT2D eigenvalue weighted by atomic mass is 9.97. The molecule has 3 aliphatic heterocycles. The van der Waals surface area contributed by atoms with Crippen molar-refractivity contribution < 1.29 is 18.0 Å². The molecule has 0 spiro atoms. The maximum absolute atomic E-state index is 13.7. The van der Waals surface area contributed by atoms with Gasteiger partial charge in [0.15, 0.2) is 0 Å². The number of carbonyl (C=O) groups excluding carboxylic acids is 1. The SMILES string of the molecule is CC(C)N1Cc2c(cc(CN3C4CCCC3CC4)cc2C(F)(F)F)C1=O. The topological polar surface area (TPSA) is 23.6 Å². The first-order valence-corrected chi connectivity index (χ1v) is 9.55. The highest BCUT2D eigenvalue weighted by atomic mass is 19.4. The van der Waals surface area contributed by atoms with Crippen molar-refractivity contribution in [2.24, 2.45) is 0 Å². The van der Waals surface area contributed by atoms with Crippen LogP contribution in [0.3, 0.4) is 0 Å². The van der Waals surface area contributed by atoms with Crippen LogP contribution >= 0.6 is 0 Å². The number of amides is 1. The Bertz CT molecular complexity index is 713. The molecule has 0 N–H and O–H groups in total. The lowest BCUT2D eigenvalue weighted by Gasteiger charge is -2.35. The van der Waals surface area contributed by atoms with Gasteiger partial charge in [-0.1, -0.05) is 6.42 Å². The Morgan fingerprint density at radius 3 is 2.35 bits per heavy atom. The molecule has 1 aromatic rings. The summed E-state index contributed by atoms with van der Waals surface area (Å²) in [6.45, 7) is 4.24. The van der Waals surface area contributed by atoms with E-state index in [1.165, 1.54) is 17.4 Å². The highest BCUT2D eigenvalue weighted by molar-refractivity contribution is 5.99. The van der Waals surface area contributed by atoms with Gasteiger partial charge in [-0.15, -0.1) is 0 Å². The number of nitrogens with zero attached hydrogens (tertiary/aromatic N) is 2. The summed E-state index contributed by atoms with van der Waals surface area (Å²) >= 11 is 0. The molecule has 4 rings (SSSR count). The standard InChI is InChI=1S/C20H25F3N2O/c1-12(2)24-11-17-16(19(24)26)8-13(9-18(17)20(21,22)23)10-25-14-4-3-5-15(25)7-6-14/h8-9,12,14-15H,3-7,10-11H2,1-2H3. The van der Waals surface area contributed by atoms with Crippen LogP contribution < -0.4 is 0 Å². The highest BCUT2D eigenvalue weighted by Gasteiger charge is 2.41. The van der Waals surface area contributed by atoms with E-state index in [1.54, 1.807) is 6.07 Å². The Kier molecular flexibility index (Phi) is 4.29. The maximum atomic E-state index is 13.7. The van der Waals surface area contributed by atoms with Crippen LogP contribution in [-0.2, 0) is 19.3 Å². The molecule has 0 saturated carbocycles. The van der Waals surface area contributed by atoms with E-state index < -0.39 is 11.7 Å². The molecule has 3 aliphatic rings. The Morgan fingerprint density at radius 2 is 1.77 bits per heavy atom. The van der Waals surface area contributed by atoms with Gasteiger partial charge in [-0.3, -0.25) is 9.69 Å². The first-order valence-electron chi connectivity index (χ1n) is 9.55. The number of hydrogen-bond donors (Lipinski definition) is 0. The van der Waals surface area contributed by atoms with Gasteiger partial charge < -0.3 is 4.90 Å². The number of alkyl halides is 3. The zero-order chi connectivity index (χ0) is 18.6. The molecule has 1 aromatic carbocycles. The molecule has 26 heavy (non-hydrogen) atoms. The molecule has 3 heterocycles. The number of benzene rings is 1. The molecule has 2 saturated heterocycles. The van der Waals surface area contributed by atoms with Gasteiger partial charge >= 0.3 is 6.18 Å². The number of piperidine rings is 1. The van der Waals surface area contributed by atoms with E-state index in [0.717, 1.165) is 25.7 Å². The summed E-state index contributed by atoms with van der Waals surface area (Å²) < 4.78 is 41.0. The number of rotatable bonds is 3. The fourth-order valence-electron chi connectivity index (χ4n) is 4.94. The predicted octanol–water partition coefficient (Wildman–Crippen LogP) is 4.59. The molecule has 0 aliphatic carbocycles. The summed E-state index contributed by atoms with van der Waals surface area (Å²) in [4.78, 5) is 16.5. The van der Waals surface area contributed by atoms with Crippen molar-refractivity contribution in [3.8, 4) is 0 Å². The molecule has 2 fully saturated rings. The fraction of sp³-hybridized carbons (Fsp3) is 0.650. The Hall–Kier alpha value is -1.56. The molecule has 0 radical (unpaired) electrons. The van der Waals surface area contributed by atoms with Crippen LogP contribution in [0, 0.1) is 0 Å². The summed E-state index contributed by atoms with van der Waals surface area (Å²) in [5, 5.41) is 0. The van der Waals surface area contributed by atoms with Crippen molar-refractivity contribution in [3.05, 3.63) is 34.4 Å². The van der Waals surface area contributed by atoms with E-state index in [9.17, 15) is 18.0 Å². The van der Waals surface area contributed by atoms with Gasteiger partial charge in [0, 0.05) is 36.8 Å². The van der Waals surface area contributed by atoms with Crippen molar-refractivity contribution in [2.45, 2.75) is 83.3 Å². The second kappa shape index (κ2) is 6.25. The summed E-state index contributed by atoms with van der Waals surface area (Å²) in [6, 6.07) is 3.85. The van der Waals surface area contributed by atoms with E-state index >= 15 is 0 Å². The van der Waals surface area contributed by atoms with E-state index in [2.05, 4.69) is 4.90 Å². The zero-order valence-electron chi connectivity index (χ0n) is 15.3. The summed E-state index contributed by atoms with van der Waals surface area (Å²) in [5.74, 6) is -0.274. The average molecular weight is 366 g/mol. The maximum Gasteiger partial charge on any atom is 0.416 e. The van der Waals surface area contributed by atoms with E-state index in [1.807, 2.05) is 13.8 Å². The van der Waals surface area contributed by atoms with Crippen LogP contribution in [0.2, 0.25) is 0 Å². The zero-order valence-corrected chi connectivity index (χ0v) is 15.3. The normalized spacial score (nSPS) is 26.1. The monoisotopic (exact) mass is 366 g/mol. The van der Waals surface area contributed by atoms with Crippen LogP contribution in [0.4, 0.5) is 13.2 Å². The predicted molar refractivity (Wildman–Crippen MR) is 92.7 cm³/mol. The van der Waals surface area contributed by atoms with E-state index in [-0.39, 0.29) is 29.6 Å². The van der Waals surface area contributed by atoms with Gasteiger partial charge in [0.1, 0.15) is 0 Å². The molecular weight excluding hydrogens is 341 g/mol. The lowest BCUT2D eigenvalue weighted by molar-refractivity contribution is -0.138. The number of halogens is 3. The summed E-state index contributed by atoms with van der Waals surface area (Å²) in [7, 11) is 0. The largest absolute Gasteiger partial charge is 0.416 e. The lowest BCUT2D eigenvalue weighted by Crippen LogP contribution is -2.39. The van der Waals surface area contributed by atoms with Crippen LogP contribution in [-0.4, -0.2) is 33.8 Å². The van der Waals surface area contributed by atoms with Crippen LogP contribution in [0.5, 0.6) is 0 Å². The average Bonchev–Trinajstić information content (AvgIpc) is 2.98. The minimum Gasteiger partial charge on any atom is -0.332 e. The van der Waals surface area contributed by atoms with Gasteiger partial charge in [0.05, 0.1) is 5.56 Å². The fourth-order valence-corrected chi connectivity index (χ4v) is 4.94. The first-order chi connectivity index (χ1) is 12.3. The molecule has 2 unspecified atom stereocenters. The molecule has 2 atom stereocenters. The van der Waals surface area contributed by atoms with Crippen molar-refractivity contribution in [1.29, 1.82) is 0 Å². The van der Waals surface area contributed by atoms with Crippen molar-refractivity contribution in [1.82, 2.24) is 9.80 Å². The minimum atomic E-state index is -4.44. The second-order valence-electron chi connectivity index (χ2n) is 8.18. The number of hydrogen-bond acceptors (Lipinski definition) is 2. The smallest absolute Gasteiger partial charge is 0.332 e.